The second-order valence-electron chi connectivity index (χ2n) is 3.90. The zero-order chi connectivity index (χ0) is 13.7. The fourth-order valence-corrected chi connectivity index (χ4v) is 1.64. The molecule has 1 aromatic heterocycles. The second kappa shape index (κ2) is 5.95. The van der Waals surface area contributed by atoms with E-state index in [1.807, 2.05) is 6.92 Å². The third-order valence-corrected chi connectivity index (χ3v) is 2.57. The summed E-state index contributed by atoms with van der Waals surface area (Å²) in [6.45, 7) is 2.41. The number of nitrogens with zero attached hydrogens (tertiary/aromatic N) is 2. The lowest BCUT2D eigenvalue weighted by Gasteiger charge is -2.05. The summed E-state index contributed by atoms with van der Waals surface area (Å²) in [6.07, 6.45) is 1.48. The Labute approximate surface area is 110 Å². The van der Waals surface area contributed by atoms with Crippen LogP contribution in [0, 0.1) is 0 Å². The quantitative estimate of drug-likeness (QED) is 0.763. The highest BCUT2D eigenvalue weighted by atomic mass is 16.5. The molecule has 0 aliphatic heterocycles. The molecule has 0 N–H and O–H groups in total. The predicted molar refractivity (Wildman–Crippen MR) is 70.4 cm³/mol. The van der Waals surface area contributed by atoms with Crippen LogP contribution in [0.1, 0.15) is 17.3 Å². The Balaban J connectivity index is 2.12. The summed E-state index contributed by atoms with van der Waals surface area (Å²) < 4.78 is 6.44. The maximum atomic E-state index is 12.0. The molecule has 0 aliphatic rings. The molecule has 98 valence electrons. The second-order valence-corrected chi connectivity index (χ2v) is 3.90. The lowest BCUT2D eigenvalue weighted by atomic mass is 10.1. The number of carbonyl (C=O) groups excluding carboxylic acids is 1. The van der Waals surface area contributed by atoms with Crippen molar-refractivity contribution in [1.82, 2.24) is 9.78 Å². The Morgan fingerprint density at radius 2 is 2.00 bits per heavy atom. The van der Waals surface area contributed by atoms with Crippen molar-refractivity contribution in [1.29, 1.82) is 0 Å². The first-order valence-electron chi connectivity index (χ1n) is 5.99. The molecule has 2 rings (SSSR count). The summed E-state index contributed by atoms with van der Waals surface area (Å²) in [5.74, 6) is 0.554. The molecule has 0 aliphatic carbocycles. The number of carbonyl (C=O) groups is 1. The van der Waals surface area contributed by atoms with Gasteiger partial charge in [0.05, 0.1) is 6.61 Å². The van der Waals surface area contributed by atoms with E-state index in [1.165, 1.54) is 12.3 Å². The third-order valence-electron chi connectivity index (χ3n) is 2.57. The minimum absolute atomic E-state index is 0.0619. The van der Waals surface area contributed by atoms with Crippen LogP contribution < -0.4 is 10.3 Å². The van der Waals surface area contributed by atoms with E-state index in [-0.39, 0.29) is 17.9 Å². The van der Waals surface area contributed by atoms with Crippen molar-refractivity contribution in [3.63, 3.8) is 0 Å². The molecule has 0 spiro atoms. The van der Waals surface area contributed by atoms with Crippen LogP contribution in [-0.4, -0.2) is 22.2 Å². The molecule has 2 aromatic rings. The molecule has 5 nitrogen and oxygen atoms in total. The summed E-state index contributed by atoms with van der Waals surface area (Å²) in [5.41, 5.74) is 0.239. The van der Waals surface area contributed by atoms with Gasteiger partial charge in [-0.2, -0.15) is 5.10 Å². The van der Waals surface area contributed by atoms with Gasteiger partial charge in [-0.3, -0.25) is 9.59 Å². The van der Waals surface area contributed by atoms with E-state index < -0.39 is 0 Å². The molecule has 5 heteroatoms. The molecule has 0 saturated carbocycles. The largest absolute Gasteiger partial charge is 0.494 e. The molecule has 0 radical (unpaired) electrons. The Bertz CT molecular complexity index is 617. The lowest BCUT2D eigenvalue weighted by molar-refractivity contribution is 0.0965. The normalized spacial score (nSPS) is 10.2. The fraction of sp³-hybridized carbons (Fsp3) is 0.214. The van der Waals surface area contributed by atoms with Gasteiger partial charge in [-0.1, -0.05) is 0 Å². The summed E-state index contributed by atoms with van der Waals surface area (Å²) in [6, 6.07) is 9.75. The Morgan fingerprint density at radius 1 is 1.26 bits per heavy atom. The van der Waals surface area contributed by atoms with Crippen LogP contribution in [-0.2, 0) is 6.54 Å². The van der Waals surface area contributed by atoms with Crippen molar-refractivity contribution in [2.45, 2.75) is 13.5 Å². The van der Waals surface area contributed by atoms with Gasteiger partial charge < -0.3 is 4.74 Å². The first kappa shape index (κ1) is 13.0. The number of Topliss-reactive ketones (excluding diaryl/α,β-unsaturated/α-hetero) is 1. The number of benzene rings is 1. The van der Waals surface area contributed by atoms with Crippen molar-refractivity contribution in [2.75, 3.05) is 6.61 Å². The zero-order valence-corrected chi connectivity index (χ0v) is 10.6. The number of ketones is 1. The Morgan fingerprint density at radius 3 is 2.63 bits per heavy atom. The molecule has 0 bridgehead atoms. The van der Waals surface area contributed by atoms with Gasteiger partial charge in [0.2, 0.25) is 0 Å². The van der Waals surface area contributed by atoms with Crippen molar-refractivity contribution < 1.29 is 9.53 Å². The number of ether oxygens (including phenoxy) is 1. The predicted octanol–water partition coefficient (Wildman–Crippen LogP) is 1.52. The molecule has 0 atom stereocenters. The molecule has 19 heavy (non-hydrogen) atoms. The first-order chi connectivity index (χ1) is 9.20. The van der Waals surface area contributed by atoms with E-state index in [0.29, 0.717) is 17.9 Å². The smallest absolute Gasteiger partial charge is 0.267 e. The summed E-state index contributed by atoms with van der Waals surface area (Å²) in [5, 5.41) is 3.85. The van der Waals surface area contributed by atoms with Crippen LogP contribution in [0.4, 0.5) is 0 Å². The van der Waals surface area contributed by atoms with Crippen LogP contribution in [0.25, 0.3) is 0 Å². The Kier molecular flexibility index (Phi) is 4.07. The molecular formula is C14H14N2O3. The van der Waals surface area contributed by atoms with Crippen LogP contribution in [0.2, 0.25) is 0 Å². The third kappa shape index (κ3) is 3.28. The van der Waals surface area contributed by atoms with Gasteiger partial charge in [-0.25, -0.2) is 4.68 Å². The topological polar surface area (TPSA) is 61.2 Å². The average molecular weight is 258 g/mol. The maximum absolute atomic E-state index is 12.0. The SMILES string of the molecule is CCOc1ccc(C(=O)Cn2ncccc2=O)cc1. The number of hydrogen-bond acceptors (Lipinski definition) is 4. The standard InChI is InChI=1S/C14H14N2O3/c1-2-19-12-7-5-11(6-8-12)13(17)10-16-14(18)4-3-9-15-16/h3-9H,2,10H2,1H3. The van der Waals surface area contributed by atoms with Gasteiger partial charge in [0, 0.05) is 17.8 Å². The summed E-state index contributed by atoms with van der Waals surface area (Å²) in [7, 11) is 0. The molecular weight excluding hydrogens is 244 g/mol. The van der Waals surface area contributed by atoms with E-state index >= 15 is 0 Å². The van der Waals surface area contributed by atoms with E-state index in [9.17, 15) is 9.59 Å². The summed E-state index contributed by atoms with van der Waals surface area (Å²) in [4.78, 5) is 23.4. The highest BCUT2D eigenvalue weighted by molar-refractivity contribution is 5.95. The van der Waals surface area contributed by atoms with E-state index in [2.05, 4.69) is 5.10 Å². The van der Waals surface area contributed by atoms with Gasteiger partial charge in [0.1, 0.15) is 12.3 Å². The fourth-order valence-electron chi connectivity index (χ4n) is 1.64. The molecule has 1 heterocycles. The average Bonchev–Trinajstić information content (AvgIpc) is 2.42. The van der Waals surface area contributed by atoms with Gasteiger partial charge >= 0.3 is 0 Å². The molecule has 0 fully saturated rings. The van der Waals surface area contributed by atoms with Crippen LogP contribution in [0.3, 0.4) is 0 Å². The van der Waals surface area contributed by atoms with E-state index in [1.54, 1.807) is 30.3 Å². The van der Waals surface area contributed by atoms with E-state index in [4.69, 9.17) is 4.74 Å². The highest BCUT2D eigenvalue weighted by Crippen LogP contribution is 2.12. The minimum Gasteiger partial charge on any atom is -0.494 e. The first-order valence-corrected chi connectivity index (χ1v) is 5.99. The maximum Gasteiger partial charge on any atom is 0.267 e. The van der Waals surface area contributed by atoms with Crippen LogP contribution in [0.5, 0.6) is 5.75 Å². The van der Waals surface area contributed by atoms with Gasteiger partial charge in [-0.15, -0.1) is 0 Å². The van der Waals surface area contributed by atoms with Crippen LogP contribution in [0.15, 0.2) is 47.4 Å². The van der Waals surface area contributed by atoms with Crippen molar-refractivity contribution >= 4 is 5.78 Å². The van der Waals surface area contributed by atoms with Gasteiger partial charge in [-0.05, 0) is 37.3 Å². The van der Waals surface area contributed by atoms with Crippen molar-refractivity contribution in [3.8, 4) is 5.75 Å². The van der Waals surface area contributed by atoms with E-state index in [0.717, 1.165) is 4.68 Å². The highest BCUT2D eigenvalue weighted by Gasteiger charge is 2.08. The van der Waals surface area contributed by atoms with Gasteiger partial charge in [0.25, 0.3) is 5.56 Å². The number of aromatic nitrogens is 2. The Hall–Kier alpha value is -2.43. The van der Waals surface area contributed by atoms with Gasteiger partial charge in [0.15, 0.2) is 5.78 Å². The number of rotatable bonds is 5. The molecule has 0 unspecified atom stereocenters. The minimum atomic E-state index is -0.290. The van der Waals surface area contributed by atoms with Crippen LogP contribution >= 0.6 is 0 Å². The number of hydrogen-bond donors (Lipinski definition) is 0. The molecule has 0 saturated heterocycles. The molecule has 0 amide bonds. The molecule has 1 aromatic carbocycles. The van der Waals surface area contributed by atoms with Crippen molar-refractivity contribution in [2.24, 2.45) is 0 Å². The monoisotopic (exact) mass is 258 g/mol. The van der Waals surface area contributed by atoms with Crippen molar-refractivity contribution in [3.05, 3.63) is 58.5 Å². The zero-order valence-electron chi connectivity index (χ0n) is 10.6. The lowest BCUT2D eigenvalue weighted by Crippen LogP contribution is -2.25. The summed E-state index contributed by atoms with van der Waals surface area (Å²) >= 11 is 0.